The molecular weight excluding hydrogens is 434 g/mol. The third kappa shape index (κ3) is 4.30. The van der Waals surface area contributed by atoms with Gasteiger partial charge in [-0.25, -0.2) is 0 Å². The Morgan fingerprint density at radius 3 is 2.50 bits per heavy atom. The van der Waals surface area contributed by atoms with E-state index in [1.54, 1.807) is 46.3 Å². The Bertz CT molecular complexity index is 1180. The van der Waals surface area contributed by atoms with Crippen LogP contribution in [0.1, 0.15) is 49.7 Å². The number of nitrogens with zero attached hydrogens (tertiary/aromatic N) is 1. The molecule has 7 heteroatoms. The van der Waals surface area contributed by atoms with Crippen LogP contribution in [-0.2, 0) is 14.3 Å². The number of aliphatic imine (C=N–C) groups is 1. The molecule has 0 radical (unpaired) electrons. The van der Waals surface area contributed by atoms with Gasteiger partial charge < -0.3 is 19.3 Å². The minimum atomic E-state index is -0.720. The molecule has 2 aromatic carbocycles. The number of ether oxygens (including phenoxy) is 3. The molecule has 3 atom stereocenters. The van der Waals surface area contributed by atoms with E-state index in [4.69, 9.17) is 19.2 Å². The van der Waals surface area contributed by atoms with Crippen LogP contribution in [0, 0.1) is 5.92 Å². The van der Waals surface area contributed by atoms with Crippen LogP contribution in [0.15, 0.2) is 58.7 Å². The number of methoxy groups -OCH3 is 2. The molecule has 34 heavy (non-hydrogen) atoms. The number of ketones is 1. The van der Waals surface area contributed by atoms with Crippen molar-refractivity contribution in [2.24, 2.45) is 10.9 Å². The van der Waals surface area contributed by atoms with Crippen LogP contribution in [0.4, 0.5) is 0 Å². The molecule has 0 fully saturated rings. The highest BCUT2D eigenvalue weighted by molar-refractivity contribution is 6.09. The van der Waals surface area contributed by atoms with Gasteiger partial charge in [-0.2, -0.15) is 0 Å². The lowest BCUT2D eigenvalue weighted by molar-refractivity contribution is -0.146. The Balaban J connectivity index is 1.78. The van der Waals surface area contributed by atoms with Gasteiger partial charge in [-0.15, -0.1) is 0 Å². The summed E-state index contributed by atoms with van der Waals surface area (Å²) in [7, 11) is 3.16. The smallest absolute Gasteiger partial charge is 0.315 e. The number of phenols is 1. The first-order valence-corrected chi connectivity index (χ1v) is 11.4. The van der Waals surface area contributed by atoms with Crippen molar-refractivity contribution in [3.8, 4) is 17.2 Å². The number of carbonyl (C=O) groups is 2. The van der Waals surface area contributed by atoms with Gasteiger partial charge in [0.2, 0.25) is 0 Å². The minimum absolute atomic E-state index is 0.0556. The van der Waals surface area contributed by atoms with Gasteiger partial charge in [0.1, 0.15) is 11.7 Å². The molecular formula is C27H29NO6. The van der Waals surface area contributed by atoms with Gasteiger partial charge in [-0.3, -0.25) is 14.6 Å². The van der Waals surface area contributed by atoms with Crippen LogP contribution < -0.4 is 9.47 Å². The van der Waals surface area contributed by atoms with Gasteiger partial charge >= 0.3 is 5.97 Å². The number of aromatic hydroxyl groups is 1. The summed E-state index contributed by atoms with van der Waals surface area (Å²) in [6, 6.07) is 12.4. The maximum Gasteiger partial charge on any atom is 0.315 e. The topological polar surface area (TPSA) is 94.4 Å². The Morgan fingerprint density at radius 2 is 1.82 bits per heavy atom. The SMILES string of the molecule is CCOC(=O)C1C(C)=NC2=C(C(=O)C[C@H](c3ccc(OC)c(OC)c3)C2)[C@@H]1c1cccc(O)c1. The van der Waals surface area contributed by atoms with E-state index >= 15 is 0 Å². The van der Waals surface area contributed by atoms with E-state index in [0.717, 1.165) is 5.56 Å². The number of phenolic OH excluding ortho intramolecular Hbond substituents is 1. The fourth-order valence-electron chi connectivity index (χ4n) is 5.02. The fraction of sp³-hybridized carbons (Fsp3) is 0.370. The molecule has 1 unspecified atom stereocenters. The summed E-state index contributed by atoms with van der Waals surface area (Å²) in [5.74, 6) is -0.518. The second-order valence-electron chi connectivity index (χ2n) is 8.56. The zero-order valence-corrected chi connectivity index (χ0v) is 19.8. The van der Waals surface area contributed by atoms with Crippen LogP contribution in [0.25, 0.3) is 0 Å². The highest BCUT2D eigenvalue weighted by atomic mass is 16.5. The van der Waals surface area contributed by atoms with Crippen LogP contribution in [0.5, 0.6) is 17.2 Å². The maximum atomic E-state index is 13.6. The summed E-state index contributed by atoms with van der Waals surface area (Å²) in [6.07, 6.45) is 0.840. The standard InChI is InChI=1S/C27H29NO6/c1-5-34-27(31)24-15(2)28-20-12-18(16-9-10-22(32-3)23(14-16)33-4)13-21(30)26(20)25(24)17-7-6-8-19(29)11-17/h6-11,14,18,24-25,29H,5,12-13H2,1-4H3/t18-,24?,25-/m1/s1. The molecule has 0 saturated carbocycles. The van der Waals surface area contributed by atoms with Crippen molar-refractivity contribution >= 4 is 17.5 Å². The Kier molecular flexibility index (Phi) is 6.72. The minimum Gasteiger partial charge on any atom is -0.508 e. The van der Waals surface area contributed by atoms with Crippen molar-refractivity contribution in [2.45, 2.75) is 38.5 Å². The molecule has 178 valence electrons. The number of rotatable bonds is 6. The highest BCUT2D eigenvalue weighted by Gasteiger charge is 2.44. The van der Waals surface area contributed by atoms with Crippen molar-refractivity contribution in [3.05, 3.63) is 64.9 Å². The Morgan fingerprint density at radius 1 is 1.06 bits per heavy atom. The monoisotopic (exact) mass is 463 g/mol. The third-order valence-corrected chi connectivity index (χ3v) is 6.54. The van der Waals surface area contributed by atoms with Crippen molar-refractivity contribution in [2.75, 3.05) is 20.8 Å². The number of benzene rings is 2. The number of hydrogen-bond donors (Lipinski definition) is 1. The molecule has 1 N–H and O–H groups in total. The van der Waals surface area contributed by atoms with Gasteiger partial charge in [0.25, 0.3) is 0 Å². The van der Waals surface area contributed by atoms with Crippen molar-refractivity contribution in [1.29, 1.82) is 0 Å². The first-order chi connectivity index (χ1) is 16.4. The molecule has 1 aliphatic heterocycles. The lowest BCUT2D eigenvalue weighted by atomic mass is 9.69. The van der Waals surface area contributed by atoms with Gasteiger partial charge in [0.05, 0.1) is 20.8 Å². The summed E-state index contributed by atoms with van der Waals surface area (Å²) in [4.78, 5) is 31.3. The third-order valence-electron chi connectivity index (χ3n) is 6.54. The quantitative estimate of drug-likeness (QED) is 0.632. The zero-order chi connectivity index (χ0) is 24.4. The van der Waals surface area contributed by atoms with Crippen LogP contribution in [-0.4, -0.2) is 43.4 Å². The van der Waals surface area contributed by atoms with Crippen molar-refractivity contribution in [3.63, 3.8) is 0 Å². The number of hydrogen-bond acceptors (Lipinski definition) is 7. The van der Waals surface area contributed by atoms with E-state index in [-0.39, 0.29) is 30.5 Å². The van der Waals surface area contributed by atoms with E-state index in [2.05, 4.69) is 0 Å². The molecule has 0 aromatic heterocycles. The average Bonchev–Trinajstić information content (AvgIpc) is 2.82. The van der Waals surface area contributed by atoms with E-state index in [1.807, 2.05) is 24.3 Å². The molecule has 2 aliphatic rings. The number of carbonyl (C=O) groups excluding carboxylic acids is 2. The molecule has 4 rings (SSSR count). The molecule has 0 saturated heterocycles. The lowest BCUT2D eigenvalue weighted by Gasteiger charge is -2.36. The van der Waals surface area contributed by atoms with Gasteiger partial charge in [-0.05, 0) is 61.6 Å². The average molecular weight is 464 g/mol. The molecule has 0 bridgehead atoms. The molecule has 2 aromatic rings. The number of Topliss-reactive ketones (excluding diaryl/α,β-unsaturated/α-hetero) is 1. The van der Waals surface area contributed by atoms with Crippen LogP contribution in [0.3, 0.4) is 0 Å². The van der Waals surface area contributed by atoms with Crippen LogP contribution >= 0.6 is 0 Å². The van der Waals surface area contributed by atoms with E-state index < -0.39 is 17.8 Å². The molecule has 7 nitrogen and oxygen atoms in total. The number of esters is 1. The van der Waals surface area contributed by atoms with Crippen molar-refractivity contribution in [1.82, 2.24) is 0 Å². The Labute approximate surface area is 199 Å². The summed E-state index contributed by atoms with van der Waals surface area (Å²) in [5, 5.41) is 10.1. The molecule has 1 aliphatic carbocycles. The van der Waals surface area contributed by atoms with E-state index in [9.17, 15) is 14.7 Å². The molecule has 1 heterocycles. The normalized spacial score (nSPS) is 22.1. The number of allylic oxidation sites excluding steroid dienone is 2. The summed E-state index contributed by atoms with van der Waals surface area (Å²) in [6.45, 7) is 3.78. The summed E-state index contributed by atoms with van der Waals surface area (Å²) in [5.41, 5.74) is 3.48. The molecule has 0 spiro atoms. The van der Waals surface area contributed by atoms with Gasteiger partial charge in [0, 0.05) is 29.3 Å². The lowest BCUT2D eigenvalue weighted by Crippen LogP contribution is -2.38. The summed E-state index contributed by atoms with van der Waals surface area (Å²) >= 11 is 0. The van der Waals surface area contributed by atoms with E-state index in [1.165, 1.54) is 0 Å². The van der Waals surface area contributed by atoms with Crippen molar-refractivity contribution < 1.29 is 28.9 Å². The van der Waals surface area contributed by atoms with Gasteiger partial charge in [-0.1, -0.05) is 18.2 Å². The predicted molar refractivity (Wildman–Crippen MR) is 128 cm³/mol. The van der Waals surface area contributed by atoms with Crippen LogP contribution in [0.2, 0.25) is 0 Å². The first kappa shape index (κ1) is 23.5. The predicted octanol–water partition coefficient (Wildman–Crippen LogP) is 4.55. The largest absolute Gasteiger partial charge is 0.508 e. The van der Waals surface area contributed by atoms with E-state index in [0.29, 0.717) is 40.5 Å². The fourth-order valence-corrected chi connectivity index (χ4v) is 5.02. The Hall–Kier alpha value is -3.61. The second-order valence-corrected chi connectivity index (χ2v) is 8.56. The summed E-state index contributed by atoms with van der Waals surface area (Å²) < 4.78 is 16.1. The first-order valence-electron chi connectivity index (χ1n) is 11.4. The van der Waals surface area contributed by atoms with Gasteiger partial charge in [0.15, 0.2) is 17.3 Å². The second kappa shape index (κ2) is 9.71. The highest BCUT2D eigenvalue weighted by Crippen LogP contribution is 2.47. The molecule has 0 amide bonds. The zero-order valence-electron chi connectivity index (χ0n) is 19.8. The maximum absolute atomic E-state index is 13.6.